The Labute approximate surface area is 87.8 Å². The van der Waals surface area contributed by atoms with Gasteiger partial charge >= 0.3 is 0 Å². The molecule has 6 nitrogen and oxygen atoms in total. The van der Waals surface area contributed by atoms with Crippen LogP contribution in [0.25, 0.3) is 23.3 Å². The maximum Gasteiger partial charge on any atom is 0.296 e. The van der Waals surface area contributed by atoms with E-state index in [4.69, 9.17) is 10.2 Å². The molecule has 6 heteroatoms. The first-order valence-electron chi connectivity index (χ1n) is 4.31. The Morgan fingerprint density at radius 2 is 1.25 bits per heavy atom. The van der Waals surface area contributed by atoms with E-state index in [1.807, 2.05) is 0 Å². The molecule has 1 aromatic carbocycles. The van der Waals surface area contributed by atoms with Crippen molar-refractivity contribution in [2.75, 3.05) is 0 Å². The van der Waals surface area contributed by atoms with Crippen LogP contribution < -0.4 is 21.6 Å². The average Bonchev–Trinajstić information content (AvgIpc) is 2.31. The summed E-state index contributed by atoms with van der Waals surface area (Å²) < 4.78 is 0. The van der Waals surface area contributed by atoms with E-state index in [0.29, 0.717) is 12.5 Å². The van der Waals surface area contributed by atoms with Gasteiger partial charge in [0.15, 0.2) is 0 Å². The SMILES string of the molecule is O=c1nnc(=O)c2ccc1c(=CO)c2=CO. The maximum absolute atomic E-state index is 11.4. The van der Waals surface area contributed by atoms with E-state index in [2.05, 4.69) is 10.2 Å². The Morgan fingerprint density at radius 3 is 1.56 bits per heavy atom. The van der Waals surface area contributed by atoms with Crippen molar-refractivity contribution < 1.29 is 10.2 Å². The van der Waals surface area contributed by atoms with E-state index < -0.39 is 11.1 Å². The molecule has 0 aliphatic rings. The summed E-state index contributed by atoms with van der Waals surface area (Å²) in [5.74, 6) is 0. The molecule has 0 saturated carbocycles. The average molecular weight is 218 g/mol. The number of nitrogens with zero attached hydrogens (tertiary/aromatic N) is 2. The van der Waals surface area contributed by atoms with Crippen LogP contribution >= 0.6 is 0 Å². The lowest BCUT2D eigenvalue weighted by Crippen LogP contribution is -2.35. The number of aliphatic hydroxyl groups excluding tert-OH is 2. The van der Waals surface area contributed by atoms with E-state index >= 15 is 0 Å². The molecule has 0 atom stereocenters. The molecule has 0 unspecified atom stereocenters. The van der Waals surface area contributed by atoms with Gasteiger partial charge in [0.1, 0.15) is 0 Å². The van der Waals surface area contributed by atoms with E-state index in [-0.39, 0.29) is 21.2 Å². The molecule has 2 N–H and O–H groups in total. The second-order valence-corrected chi connectivity index (χ2v) is 3.06. The lowest BCUT2D eigenvalue weighted by atomic mass is 10.1. The molecule has 3 rings (SSSR count). The monoisotopic (exact) mass is 218 g/mol. The first-order valence-corrected chi connectivity index (χ1v) is 4.31. The van der Waals surface area contributed by atoms with E-state index in [9.17, 15) is 9.59 Å². The Kier molecular flexibility index (Phi) is 2.24. The molecule has 80 valence electrons. The molecule has 0 saturated heterocycles. The zero-order valence-corrected chi connectivity index (χ0v) is 7.91. The lowest BCUT2D eigenvalue weighted by molar-refractivity contribution is 0.534. The zero-order valence-electron chi connectivity index (χ0n) is 7.91. The molecule has 2 aromatic heterocycles. The third kappa shape index (κ3) is 1.28. The van der Waals surface area contributed by atoms with Gasteiger partial charge in [-0.3, -0.25) is 9.59 Å². The van der Waals surface area contributed by atoms with Gasteiger partial charge in [-0.1, -0.05) is 0 Å². The number of benzene rings is 1. The van der Waals surface area contributed by atoms with Crippen LogP contribution in [0.1, 0.15) is 0 Å². The van der Waals surface area contributed by atoms with Crippen LogP contribution in [-0.2, 0) is 0 Å². The van der Waals surface area contributed by atoms with Crippen molar-refractivity contribution in [2.24, 2.45) is 0 Å². The van der Waals surface area contributed by atoms with Crippen LogP contribution in [0, 0.1) is 0 Å². The summed E-state index contributed by atoms with van der Waals surface area (Å²) in [6, 6.07) is 2.70. The Balaban J connectivity index is 3.42. The summed E-state index contributed by atoms with van der Waals surface area (Å²) in [5.41, 5.74) is -1.49. The van der Waals surface area contributed by atoms with Gasteiger partial charge in [-0.15, -0.1) is 10.2 Å². The molecule has 0 aliphatic carbocycles. The topological polar surface area (TPSA) is 100 Å². The highest BCUT2D eigenvalue weighted by atomic mass is 16.2. The fourth-order valence-corrected chi connectivity index (χ4v) is 1.49. The number of aliphatic hydroxyl groups is 2. The third-order valence-electron chi connectivity index (χ3n) is 2.24. The van der Waals surface area contributed by atoms with E-state index in [1.165, 1.54) is 12.1 Å². The molecule has 0 fully saturated rings. The highest BCUT2D eigenvalue weighted by molar-refractivity contribution is 5.66. The van der Waals surface area contributed by atoms with Gasteiger partial charge in [-0.25, -0.2) is 0 Å². The van der Waals surface area contributed by atoms with Gasteiger partial charge in [-0.2, -0.15) is 0 Å². The Hall–Kier alpha value is -2.50. The van der Waals surface area contributed by atoms with Crippen LogP contribution in [0.3, 0.4) is 0 Å². The van der Waals surface area contributed by atoms with Crippen molar-refractivity contribution in [3.8, 4) is 0 Å². The number of rotatable bonds is 0. The fraction of sp³-hybridized carbons (Fsp3) is 0. The minimum absolute atomic E-state index is 0.0528. The van der Waals surface area contributed by atoms with Crippen molar-refractivity contribution in [1.29, 1.82) is 0 Å². The molecule has 3 aromatic rings. The Bertz CT molecular complexity index is 703. The van der Waals surface area contributed by atoms with Gasteiger partial charge in [0, 0.05) is 10.4 Å². The first-order chi connectivity index (χ1) is 7.69. The van der Waals surface area contributed by atoms with Crippen LogP contribution in [0.2, 0.25) is 0 Å². The Morgan fingerprint density at radius 1 is 0.875 bits per heavy atom. The molecule has 16 heavy (non-hydrogen) atoms. The van der Waals surface area contributed by atoms with Crippen molar-refractivity contribution in [3.63, 3.8) is 0 Å². The van der Waals surface area contributed by atoms with Crippen LogP contribution in [0.15, 0.2) is 21.7 Å². The van der Waals surface area contributed by atoms with E-state index in [1.54, 1.807) is 0 Å². The number of hydrogen-bond acceptors (Lipinski definition) is 6. The predicted molar refractivity (Wildman–Crippen MR) is 56.7 cm³/mol. The highest BCUT2D eigenvalue weighted by Crippen LogP contribution is 1.87. The van der Waals surface area contributed by atoms with Crippen molar-refractivity contribution in [1.82, 2.24) is 10.2 Å². The van der Waals surface area contributed by atoms with Crippen LogP contribution in [-0.4, -0.2) is 20.4 Å². The standard InChI is InChI=1S/C10H6N2O4/c13-3-7-5-1-2-6(8(7)4-14)10(16)12-11-9(5)15/h1-4,13-14H. The van der Waals surface area contributed by atoms with Crippen molar-refractivity contribution >= 4 is 23.3 Å². The lowest BCUT2D eigenvalue weighted by Gasteiger charge is -1.94. The summed E-state index contributed by atoms with van der Waals surface area (Å²) >= 11 is 0. The molecule has 0 aliphatic heterocycles. The summed E-state index contributed by atoms with van der Waals surface area (Å²) in [4.78, 5) is 22.9. The van der Waals surface area contributed by atoms with Gasteiger partial charge in [0.2, 0.25) is 0 Å². The summed E-state index contributed by atoms with van der Waals surface area (Å²) in [6.45, 7) is 0. The normalized spacial score (nSPS) is 13.5. The predicted octanol–water partition coefficient (Wildman–Crippen LogP) is -1.62. The second kappa shape index (κ2) is 3.58. The molecular formula is C10H6N2O4. The summed E-state index contributed by atoms with van der Waals surface area (Å²) in [6.07, 6.45) is 1.29. The quantitative estimate of drug-likeness (QED) is 0.551. The zero-order chi connectivity index (χ0) is 11.7. The smallest absolute Gasteiger partial charge is 0.296 e. The molecule has 2 bridgehead atoms. The van der Waals surface area contributed by atoms with Crippen LogP contribution in [0.4, 0.5) is 0 Å². The molecule has 2 heterocycles. The molecule has 0 spiro atoms. The largest absolute Gasteiger partial charge is 0.515 e. The van der Waals surface area contributed by atoms with Crippen molar-refractivity contribution in [3.05, 3.63) is 43.3 Å². The maximum atomic E-state index is 11.4. The third-order valence-corrected chi connectivity index (χ3v) is 2.24. The minimum Gasteiger partial charge on any atom is -0.515 e. The number of fused-ring (bicyclic) bond motifs is 5. The molecule has 0 radical (unpaired) electrons. The fourth-order valence-electron chi connectivity index (χ4n) is 1.49. The molecule has 0 amide bonds. The second-order valence-electron chi connectivity index (χ2n) is 3.06. The number of aromatic nitrogens is 2. The summed E-state index contributed by atoms with van der Waals surface area (Å²) in [7, 11) is 0. The summed E-state index contributed by atoms with van der Waals surface area (Å²) in [5, 5.41) is 24.6. The van der Waals surface area contributed by atoms with E-state index in [0.717, 1.165) is 0 Å². The van der Waals surface area contributed by atoms with Gasteiger partial charge in [0.05, 0.1) is 23.3 Å². The number of hydrogen-bond donors (Lipinski definition) is 2. The van der Waals surface area contributed by atoms with Crippen LogP contribution in [0.5, 0.6) is 0 Å². The van der Waals surface area contributed by atoms with Crippen molar-refractivity contribution in [2.45, 2.75) is 0 Å². The van der Waals surface area contributed by atoms with Gasteiger partial charge in [0.25, 0.3) is 11.1 Å². The first kappa shape index (κ1) is 10.0. The highest BCUT2D eigenvalue weighted by Gasteiger charge is 2.04. The van der Waals surface area contributed by atoms with Gasteiger partial charge in [-0.05, 0) is 12.1 Å². The molecular weight excluding hydrogens is 212 g/mol. The minimum atomic E-state index is -0.747. The van der Waals surface area contributed by atoms with Gasteiger partial charge < -0.3 is 10.2 Å².